The van der Waals surface area contributed by atoms with Gasteiger partial charge in [0.05, 0.1) is 5.39 Å². The number of aromatic nitrogens is 3. The number of likely N-dealkylation sites (tertiary alicyclic amines) is 1. The molecule has 1 saturated heterocycles. The van der Waals surface area contributed by atoms with Crippen molar-refractivity contribution in [3.63, 3.8) is 0 Å². The predicted molar refractivity (Wildman–Crippen MR) is 97.5 cm³/mol. The van der Waals surface area contributed by atoms with Crippen molar-refractivity contribution in [1.82, 2.24) is 25.2 Å². The summed E-state index contributed by atoms with van der Waals surface area (Å²) >= 11 is 0. The van der Waals surface area contributed by atoms with Gasteiger partial charge in [-0.2, -0.15) is 0 Å². The zero-order chi connectivity index (χ0) is 17.6. The monoisotopic (exact) mass is 342 g/mol. The number of amides is 2. The number of nitrogens with zero attached hydrogens (tertiary/aromatic N) is 4. The van der Waals surface area contributed by atoms with Crippen molar-refractivity contribution in [2.45, 2.75) is 38.8 Å². The van der Waals surface area contributed by atoms with Crippen LogP contribution in [0.25, 0.3) is 11.0 Å². The minimum absolute atomic E-state index is 0.0825. The van der Waals surface area contributed by atoms with Gasteiger partial charge in [0, 0.05) is 38.4 Å². The average Bonchev–Trinajstić information content (AvgIpc) is 3.26. The van der Waals surface area contributed by atoms with Crippen LogP contribution in [0.15, 0.2) is 18.6 Å². The lowest BCUT2D eigenvalue weighted by atomic mass is 10.0. The van der Waals surface area contributed by atoms with Crippen LogP contribution in [0, 0.1) is 11.8 Å². The lowest BCUT2D eigenvalue weighted by molar-refractivity contribution is 0.202. The zero-order valence-corrected chi connectivity index (χ0v) is 15.1. The first kappa shape index (κ1) is 16.2. The first-order valence-electron chi connectivity index (χ1n) is 9.09. The van der Waals surface area contributed by atoms with Gasteiger partial charge < -0.3 is 20.1 Å². The molecule has 3 atom stereocenters. The van der Waals surface area contributed by atoms with E-state index in [1.165, 1.54) is 0 Å². The van der Waals surface area contributed by atoms with Crippen molar-refractivity contribution in [2.24, 2.45) is 11.8 Å². The molecule has 2 aromatic heterocycles. The van der Waals surface area contributed by atoms with E-state index >= 15 is 0 Å². The van der Waals surface area contributed by atoms with Gasteiger partial charge in [0.2, 0.25) is 0 Å². The molecule has 7 nitrogen and oxygen atoms in total. The van der Waals surface area contributed by atoms with Crippen molar-refractivity contribution >= 4 is 22.9 Å². The number of hydrogen-bond acceptors (Lipinski definition) is 4. The molecule has 0 bridgehead atoms. The van der Waals surface area contributed by atoms with Crippen LogP contribution in [-0.2, 0) is 0 Å². The summed E-state index contributed by atoms with van der Waals surface area (Å²) in [7, 11) is 2.13. The van der Waals surface area contributed by atoms with E-state index in [4.69, 9.17) is 0 Å². The van der Waals surface area contributed by atoms with Crippen LogP contribution in [0.5, 0.6) is 0 Å². The number of H-pyrrole nitrogens is 1. The van der Waals surface area contributed by atoms with E-state index in [0.717, 1.165) is 42.8 Å². The topological polar surface area (TPSA) is 77.2 Å². The normalized spacial score (nSPS) is 25.6. The molecule has 1 unspecified atom stereocenters. The summed E-state index contributed by atoms with van der Waals surface area (Å²) < 4.78 is 0. The Morgan fingerprint density at radius 1 is 1.32 bits per heavy atom. The molecule has 2 aromatic rings. The summed E-state index contributed by atoms with van der Waals surface area (Å²) in [5.41, 5.74) is 0.881. The van der Waals surface area contributed by atoms with E-state index in [1.54, 1.807) is 6.33 Å². The van der Waals surface area contributed by atoms with Crippen molar-refractivity contribution in [2.75, 3.05) is 25.0 Å². The highest BCUT2D eigenvalue weighted by Crippen LogP contribution is 2.41. The number of hydrogen-bond donors (Lipinski definition) is 2. The first-order chi connectivity index (χ1) is 12.0. The van der Waals surface area contributed by atoms with E-state index < -0.39 is 0 Å². The summed E-state index contributed by atoms with van der Waals surface area (Å²) in [5, 5.41) is 4.08. The molecule has 2 aliphatic rings. The summed E-state index contributed by atoms with van der Waals surface area (Å²) in [6.07, 6.45) is 5.76. The van der Waals surface area contributed by atoms with Crippen LogP contribution >= 0.6 is 0 Å². The summed E-state index contributed by atoms with van der Waals surface area (Å²) in [4.78, 5) is 28.5. The van der Waals surface area contributed by atoms with Gasteiger partial charge in [-0.3, -0.25) is 0 Å². The predicted octanol–water partition coefficient (Wildman–Crippen LogP) is 2.22. The van der Waals surface area contributed by atoms with Gasteiger partial charge in [0.25, 0.3) is 0 Å². The molecule has 2 amide bonds. The number of carbonyl (C=O) groups is 1. The second-order valence-corrected chi connectivity index (χ2v) is 7.70. The molecule has 2 fully saturated rings. The van der Waals surface area contributed by atoms with Crippen LogP contribution in [0.4, 0.5) is 10.6 Å². The molecule has 134 valence electrons. The molecule has 2 N–H and O–H groups in total. The maximum Gasteiger partial charge on any atom is 0.317 e. The van der Waals surface area contributed by atoms with Gasteiger partial charge in [-0.05, 0) is 44.6 Å². The molecule has 1 aliphatic carbocycles. The fraction of sp³-hybridized carbons (Fsp3) is 0.611. The molecule has 7 heteroatoms. The van der Waals surface area contributed by atoms with Crippen LogP contribution in [-0.4, -0.2) is 58.1 Å². The van der Waals surface area contributed by atoms with Crippen molar-refractivity contribution in [3.05, 3.63) is 18.6 Å². The molecule has 1 saturated carbocycles. The quantitative estimate of drug-likeness (QED) is 0.897. The Kier molecular flexibility index (Phi) is 4.01. The lowest BCUT2D eigenvalue weighted by Crippen LogP contribution is -2.42. The number of aromatic amines is 1. The molecule has 1 aliphatic heterocycles. The summed E-state index contributed by atoms with van der Waals surface area (Å²) in [6, 6.07) is 2.78. The fourth-order valence-electron chi connectivity index (χ4n) is 4.40. The number of anilines is 1. The lowest BCUT2D eigenvalue weighted by Gasteiger charge is -2.28. The van der Waals surface area contributed by atoms with Gasteiger partial charge in [-0.25, -0.2) is 14.8 Å². The first-order valence-corrected chi connectivity index (χ1v) is 9.09. The third-order valence-electron chi connectivity index (χ3n) is 5.64. The Bertz CT molecular complexity index is 758. The summed E-state index contributed by atoms with van der Waals surface area (Å²) in [6.45, 7) is 5.75. The Balaban J connectivity index is 1.43. The minimum atomic E-state index is 0.0825. The van der Waals surface area contributed by atoms with E-state index in [-0.39, 0.29) is 12.1 Å². The molecule has 4 rings (SSSR count). The second-order valence-electron chi connectivity index (χ2n) is 7.70. The second kappa shape index (κ2) is 6.20. The zero-order valence-electron chi connectivity index (χ0n) is 15.1. The van der Waals surface area contributed by atoms with Crippen LogP contribution < -0.4 is 10.2 Å². The number of rotatable bonds is 3. The van der Waals surface area contributed by atoms with Gasteiger partial charge in [0.15, 0.2) is 0 Å². The standard InChI is InChI=1S/C18H26N6O/c1-11(2)22-18(25)24-8-12-6-14(7-13(12)9-24)23(3)17-15-4-5-19-16(15)20-10-21-17/h4-5,10-14H,6-9H2,1-3H3,(H,22,25)(H,19,20,21)/t12-,13?,14+/m0/s1. The molecular formula is C18H26N6O. The van der Waals surface area contributed by atoms with Crippen molar-refractivity contribution in [3.8, 4) is 0 Å². The van der Waals surface area contributed by atoms with Crippen molar-refractivity contribution in [1.29, 1.82) is 0 Å². The molecular weight excluding hydrogens is 316 g/mol. The van der Waals surface area contributed by atoms with Gasteiger partial charge in [0.1, 0.15) is 17.8 Å². The van der Waals surface area contributed by atoms with E-state index in [2.05, 4.69) is 32.2 Å². The SMILES string of the molecule is CC(C)NC(=O)N1CC2C[C@H](N(C)c3ncnc4[nH]ccc34)C[C@H]2C1. The molecule has 0 aromatic carbocycles. The number of urea groups is 1. The average molecular weight is 342 g/mol. The third kappa shape index (κ3) is 2.92. The maximum absolute atomic E-state index is 12.2. The highest BCUT2D eigenvalue weighted by molar-refractivity contribution is 5.87. The Labute approximate surface area is 147 Å². The van der Waals surface area contributed by atoms with E-state index in [9.17, 15) is 4.79 Å². The molecule has 0 radical (unpaired) electrons. The van der Waals surface area contributed by atoms with Gasteiger partial charge >= 0.3 is 6.03 Å². The Morgan fingerprint density at radius 3 is 2.72 bits per heavy atom. The van der Waals surface area contributed by atoms with Crippen LogP contribution in [0.1, 0.15) is 26.7 Å². The third-order valence-corrected chi connectivity index (χ3v) is 5.64. The van der Waals surface area contributed by atoms with Gasteiger partial charge in [-0.1, -0.05) is 0 Å². The fourth-order valence-corrected chi connectivity index (χ4v) is 4.40. The molecule has 25 heavy (non-hydrogen) atoms. The van der Waals surface area contributed by atoms with E-state index in [0.29, 0.717) is 17.9 Å². The van der Waals surface area contributed by atoms with Crippen molar-refractivity contribution < 1.29 is 4.79 Å². The minimum Gasteiger partial charge on any atom is -0.356 e. The highest BCUT2D eigenvalue weighted by atomic mass is 16.2. The Hall–Kier alpha value is -2.31. The molecule has 3 heterocycles. The summed E-state index contributed by atoms with van der Waals surface area (Å²) in [5.74, 6) is 2.17. The number of fused-ring (bicyclic) bond motifs is 2. The van der Waals surface area contributed by atoms with Crippen LogP contribution in [0.2, 0.25) is 0 Å². The number of carbonyl (C=O) groups excluding carboxylic acids is 1. The Morgan fingerprint density at radius 2 is 2.04 bits per heavy atom. The smallest absolute Gasteiger partial charge is 0.317 e. The highest BCUT2D eigenvalue weighted by Gasteiger charge is 2.43. The number of nitrogens with one attached hydrogen (secondary N) is 2. The maximum atomic E-state index is 12.2. The van der Waals surface area contributed by atoms with Gasteiger partial charge in [-0.15, -0.1) is 0 Å². The van der Waals surface area contributed by atoms with Crippen LogP contribution in [0.3, 0.4) is 0 Å². The largest absolute Gasteiger partial charge is 0.356 e. The molecule has 0 spiro atoms. The van der Waals surface area contributed by atoms with E-state index in [1.807, 2.05) is 31.0 Å².